The molecule has 3 atom stereocenters. The van der Waals surface area contributed by atoms with Crippen LogP contribution in [0.3, 0.4) is 0 Å². The number of aryl methyl sites for hydroxylation is 1. The van der Waals surface area contributed by atoms with Crippen molar-refractivity contribution in [3.63, 3.8) is 0 Å². The Bertz CT molecular complexity index is 387. The molecule has 0 radical (unpaired) electrons. The van der Waals surface area contributed by atoms with E-state index in [4.69, 9.17) is 11.5 Å². The smallest absolute Gasteiger partial charge is 0.0343 e. The highest BCUT2D eigenvalue weighted by Crippen LogP contribution is 2.30. The fourth-order valence-corrected chi connectivity index (χ4v) is 2.91. The number of benzene rings is 1. The SMILES string of the molecule is Cc1cc(CC2CCC(N)C(C)C2)ccc1N. The predicted octanol–water partition coefficient (Wildman–Crippen LogP) is 2.88. The summed E-state index contributed by atoms with van der Waals surface area (Å²) in [5.41, 5.74) is 15.4. The highest BCUT2D eigenvalue weighted by Gasteiger charge is 2.24. The van der Waals surface area contributed by atoms with Gasteiger partial charge in [0.1, 0.15) is 0 Å². The number of nitrogens with two attached hydrogens (primary N) is 2. The fourth-order valence-electron chi connectivity index (χ4n) is 2.91. The van der Waals surface area contributed by atoms with Crippen LogP contribution in [0.25, 0.3) is 0 Å². The van der Waals surface area contributed by atoms with Crippen LogP contribution in [0.15, 0.2) is 18.2 Å². The molecule has 0 heterocycles. The van der Waals surface area contributed by atoms with Crippen molar-refractivity contribution in [3.05, 3.63) is 29.3 Å². The second kappa shape index (κ2) is 5.09. The van der Waals surface area contributed by atoms with Crippen LogP contribution in [0.2, 0.25) is 0 Å². The third-order valence-electron chi connectivity index (χ3n) is 4.20. The summed E-state index contributed by atoms with van der Waals surface area (Å²) in [6.45, 7) is 4.36. The van der Waals surface area contributed by atoms with Crippen molar-refractivity contribution < 1.29 is 0 Å². The molecule has 0 bridgehead atoms. The quantitative estimate of drug-likeness (QED) is 0.770. The first-order chi connectivity index (χ1) is 8.06. The molecule has 17 heavy (non-hydrogen) atoms. The molecule has 0 aliphatic heterocycles. The summed E-state index contributed by atoms with van der Waals surface area (Å²) >= 11 is 0. The standard InChI is InChI=1S/C15H24N2/c1-10-7-12(3-5-14(10)16)9-13-4-6-15(17)11(2)8-13/h3,5,7,11,13,15H,4,6,8-9,16-17H2,1-2H3. The molecule has 1 fully saturated rings. The number of nitrogen functional groups attached to an aromatic ring is 1. The zero-order chi connectivity index (χ0) is 12.4. The van der Waals surface area contributed by atoms with Crippen molar-refractivity contribution in [1.82, 2.24) is 0 Å². The van der Waals surface area contributed by atoms with Crippen LogP contribution in [-0.2, 0) is 6.42 Å². The lowest BCUT2D eigenvalue weighted by atomic mass is 9.77. The zero-order valence-electron chi connectivity index (χ0n) is 10.9. The highest BCUT2D eigenvalue weighted by atomic mass is 14.7. The first-order valence-corrected chi connectivity index (χ1v) is 6.67. The van der Waals surface area contributed by atoms with Crippen molar-refractivity contribution in [2.24, 2.45) is 17.6 Å². The Balaban J connectivity index is 1.99. The summed E-state index contributed by atoms with van der Waals surface area (Å²) in [6, 6.07) is 6.85. The van der Waals surface area contributed by atoms with E-state index >= 15 is 0 Å². The average Bonchev–Trinajstić information content (AvgIpc) is 2.29. The van der Waals surface area contributed by atoms with Gasteiger partial charge in [-0.15, -0.1) is 0 Å². The van der Waals surface area contributed by atoms with Crippen molar-refractivity contribution in [3.8, 4) is 0 Å². The van der Waals surface area contributed by atoms with Gasteiger partial charge in [0.25, 0.3) is 0 Å². The van der Waals surface area contributed by atoms with Gasteiger partial charge >= 0.3 is 0 Å². The molecule has 0 aromatic heterocycles. The van der Waals surface area contributed by atoms with Crippen LogP contribution < -0.4 is 11.5 Å². The van der Waals surface area contributed by atoms with E-state index in [0.29, 0.717) is 12.0 Å². The van der Waals surface area contributed by atoms with Crippen molar-refractivity contribution in [2.75, 3.05) is 5.73 Å². The Morgan fingerprint density at radius 1 is 1.29 bits per heavy atom. The molecule has 1 aliphatic rings. The van der Waals surface area contributed by atoms with Gasteiger partial charge in [-0.2, -0.15) is 0 Å². The summed E-state index contributed by atoms with van der Waals surface area (Å²) in [7, 11) is 0. The predicted molar refractivity (Wildman–Crippen MR) is 73.8 cm³/mol. The molecule has 1 aliphatic carbocycles. The minimum atomic E-state index is 0.416. The van der Waals surface area contributed by atoms with E-state index < -0.39 is 0 Å². The lowest BCUT2D eigenvalue weighted by Gasteiger charge is -2.32. The molecule has 1 aromatic rings. The largest absolute Gasteiger partial charge is 0.399 e. The van der Waals surface area contributed by atoms with Crippen LogP contribution in [0.4, 0.5) is 5.69 Å². The topological polar surface area (TPSA) is 52.0 Å². The van der Waals surface area contributed by atoms with E-state index in [0.717, 1.165) is 11.6 Å². The summed E-state index contributed by atoms with van der Waals surface area (Å²) in [5, 5.41) is 0. The minimum Gasteiger partial charge on any atom is -0.399 e. The van der Waals surface area contributed by atoms with Gasteiger partial charge in [-0.3, -0.25) is 0 Å². The molecular formula is C15H24N2. The molecule has 2 nitrogen and oxygen atoms in total. The number of rotatable bonds is 2. The molecule has 2 rings (SSSR count). The van der Waals surface area contributed by atoms with Crippen LogP contribution in [0.1, 0.15) is 37.3 Å². The van der Waals surface area contributed by atoms with Gasteiger partial charge in [-0.1, -0.05) is 19.1 Å². The molecule has 1 aromatic carbocycles. The summed E-state index contributed by atoms with van der Waals surface area (Å²) < 4.78 is 0. The van der Waals surface area contributed by atoms with Gasteiger partial charge in [0.05, 0.1) is 0 Å². The molecule has 94 valence electrons. The average molecular weight is 232 g/mol. The van der Waals surface area contributed by atoms with Crippen LogP contribution in [0, 0.1) is 18.8 Å². The van der Waals surface area contributed by atoms with Gasteiger partial charge in [-0.05, 0) is 61.6 Å². The molecule has 0 amide bonds. The van der Waals surface area contributed by atoms with E-state index in [1.54, 1.807) is 0 Å². The van der Waals surface area contributed by atoms with Gasteiger partial charge in [0.15, 0.2) is 0 Å². The van der Waals surface area contributed by atoms with Crippen molar-refractivity contribution >= 4 is 5.69 Å². The Morgan fingerprint density at radius 2 is 2.06 bits per heavy atom. The lowest BCUT2D eigenvalue weighted by molar-refractivity contribution is 0.247. The summed E-state index contributed by atoms with van der Waals surface area (Å²) in [4.78, 5) is 0. The maximum Gasteiger partial charge on any atom is 0.0343 e. The van der Waals surface area contributed by atoms with Crippen molar-refractivity contribution in [1.29, 1.82) is 0 Å². The van der Waals surface area contributed by atoms with Crippen molar-refractivity contribution in [2.45, 2.75) is 45.6 Å². The molecule has 3 unspecified atom stereocenters. The Kier molecular flexibility index (Phi) is 3.72. The summed E-state index contributed by atoms with van der Waals surface area (Å²) in [5.74, 6) is 1.47. The number of hydrogen-bond donors (Lipinski definition) is 2. The maximum absolute atomic E-state index is 6.06. The number of hydrogen-bond acceptors (Lipinski definition) is 2. The summed E-state index contributed by atoms with van der Waals surface area (Å²) in [6.07, 6.45) is 4.90. The molecule has 0 spiro atoms. The van der Waals surface area contributed by atoms with E-state index in [9.17, 15) is 0 Å². The Labute approximate surface area is 104 Å². The van der Waals surface area contributed by atoms with E-state index in [-0.39, 0.29) is 0 Å². The first kappa shape index (κ1) is 12.4. The second-order valence-corrected chi connectivity index (χ2v) is 5.72. The minimum absolute atomic E-state index is 0.416. The third-order valence-corrected chi connectivity index (χ3v) is 4.20. The zero-order valence-corrected chi connectivity index (χ0v) is 10.9. The first-order valence-electron chi connectivity index (χ1n) is 6.67. The Hall–Kier alpha value is -1.02. The van der Waals surface area contributed by atoms with Crippen LogP contribution in [0.5, 0.6) is 0 Å². The van der Waals surface area contributed by atoms with Crippen LogP contribution in [-0.4, -0.2) is 6.04 Å². The van der Waals surface area contributed by atoms with E-state index in [1.165, 1.54) is 36.8 Å². The van der Waals surface area contributed by atoms with Crippen LogP contribution >= 0.6 is 0 Å². The second-order valence-electron chi connectivity index (χ2n) is 5.72. The maximum atomic E-state index is 6.06. The highest BCUT2D eigenvalue weighted by molar-refractivity contribution is 5.47. The third kappa shape index (κ3) is 3.01. The van der Waals surface area contributed by atoms with Gasteiger partial charge in [0.2, 0.25) is 0 Å². The monoisotopic (exact) mass is 232 g/mol. The fraction of sp³-hybridized carbons (Fsp3) is 0.600. The Morgan fingerprint density at radius 3 is 2.71 bits per heavy atom. The molecule has 1 saturated carbocycles. The number of anilines is 1. The van der Waals surface area contributed by atoms with E-state index in [2.05, 4.69) is 26.0 Å². The van der Waals surface area contributed by atoms with Gasteiger partial charge < -0.3 is 11.5 Å². The van der Waals surface area contributed by atoms with Gasteiger partial charge in [-0.25, -0.2) is 0 Å². The molecule has 2 heteroatoms. The molecule has 0 saturated heterocycles. The molecule has 4 N–H and O–H groups in total. The van der Waals surface area contributed by atoms with Gasteiger partial charge in [0, 0.05) is 11.7 Å². The van der Waals surface area contributed by atoms with E-state index in [1.807, 2.05) is 6.07 Å². The normalized spacial score (nSPS) is 29.2. The lowest BCUT2D eigenvalue weighted by Crippen LogP contribution is -2.34. The molecular weight excluding hydrogens is 208 g/mol.